The van der Waals surface area contributed by atoms with Crippen LogP contribution in [0, 0.1) is 5.92 Å². The van der Waals surface area contributed by atoms with Gasteiger partial charge in [0.15, 0.2) is 0 Å². The zero-order valence-corrected chi connectivity index (χ0v) is 8.11. The highest BCUT2D eigenvalue weighted by atomic mass is 15.1. The lowest BCUT2D eigenvalue weighted by molar-refractivity contribution is 0.713. The first-order valence-corrected chi connectivity index (χ1v) is 5.33. The first-order valence-electron chi connectivity index (χ1n) is 5.33. The van der Waals surface area contributed by atoms with Crippen LogP contribution in [0.5, 0.6) is 0 Å². The van der Waals surface area contributed by atoms with Crippen LogP contribution in [-0.2, 0) is 0 Å². The summed E-state index contributed by atoms with van der Waals surface area (Å²) in [7, 11) is 0. The maximum absolute atomic E-state index is 4.58. The summed E-state index contributed by atoms with van der Waals surface area (Å²) in [5.74, 6) is 1.70. The van der Waals surface area contributed by atoms with Gasteiger partial charge >= 0.3 is 0 Å². The number of aliphatic imine (C=N–C) groups is 1. The Kier molecular flexibility index (Phi) is 1.79. The third-order valence-electron chi connectivity index (χ3n) is 3.07. The Morgan fingerprint density at radius 2 is 1.71 bits per heavy atom. The molecule has 2 nitrogen and oxygen atoms in total. The van der Waals surface area contributed by atoms with Crippen LogP contribution in [0.4, 0.5) is 11.4 Å². The zero-order valence-electron chi connectivity index (χ0n) is 8.11. The topological polar surface area (TPSA) is 26.5 Å². The van der Waals surface area contributed by atoms with Crippen LogP contribution >= 0.6 is 0 Å². The van der Waals surface area contributed by atoms with Gasteiger partial charge in [0, 0.05) is 5.92 Å². The molecule has 0 aromatic heterocycles. The van der Waals surface area contributed by atoms with E-state index in [2.05, 4.69) is 10.3 Å². The maximum Gasteiger partial charge on any atom is 0.132 e. The van der Waals surface area contributed by atoms with Crippen LogP contribution in [0.2, 0.25) is 0 Å². The van der Waals surface area contributed by atoms with Crippen LogP contribution in [0.15, 0.2) is 29.3 Å². The molecule has 14 heavy (non-hydrogen) atoms. The molecule has 1 aromatic rings. The van der Waals surface area contributed by atoms with Crippen molar-refractivity contribution >= 4 is 17.2 Å². The Bertz CT molecular complexity index is 376. The lowest BCUT2D eigenvalue weighted by atomic mass is 10.1. The van der Waals surface area contributed by atoms with E-state index in [0.717, 1.165) is 17.2 Å². The molecule has 1 saturated carbocycles. The van der Waals surface area contributed by atoms with Crippen LogP contribution in [0.1, 0.15) is 25.7 Å². The first kappa shape index (κ1) is 8.04. The summed E-state index contributed by atoms with van der Waals surface area (Å²) in [5, 5.41) is 4.58. The molecule has 1 fully saturated rings. The van der Waals surface area contributed by atoms with Gasteiger partial charge in [-0.15, -0.1) is 0 Å². The van der Waals surface area contributed by atoms with Gasteiger partial charge in [-0.2, -0.15) is 0 Å². The zero-order chi connectivity index (χ0) is 9.38. The van der Waals surface area contributed by atoms with Crippen LogP contribution < -0.4 is 5.32 Å². The molecule has 0 unspecified atom stereocenters. The van der Waals surface area contributed by atoms with Gasteiger partial charge in [0.1, 0.15) is 5.84 Å². The second-order valence-corrected chi connectivity index (χ2v) is 4.05. The van der Waals surface area contributed by atoms with Crippen molar-refractivity contribution in [2.75, 3.05) is 0 Å². The predicted octanol–water partition coefficient (Wildman–Crippen LogP) is 3.16. The summed E-state index contributed by atoms with van der Waals surface area (Å²) in [6, 6.07) is 8.13. The van der Waals surface area contributed by atoms with Gasteiger partial charge < -0.3 is 0 Å². The van der Waals surface area contributed by atoms with Gasteiger partial charge in [-0.25, -0.2) is 10.3 Å². The van der Waals surface area contributed by atoms with Crippen molar-refractivity contribution in [3.05, 3.63) is 24.3 Å². The van der Waals surface area contributed by atoms with Gasteiger partial charge in [0.05, 0.1) is 11.4 Å². The quantitative estimate of drug-likeness (QED) is 0.642. The van der Waals surface area contributed by atoms with Crippen LogP contribution in [0.25, 0.3) is 0 Å². The van der Waals surface area contributed by atoms with Crippen molar-refractivity contribution in [2.45, 2.75) is 25.7 Å². The predicted molar refractivity (Wildman–Crippen MR) is 57.3 cm³/mol. The summed E-state index contributed by atoms with van der Waals surface area (Å²) in [4.78, 5) is 4.58. The minimum absolute atomic E-state index is 0.627. The molecular weight excluding hydrogens is 172 g/mol. The van der Waals surface area contributed by atoms with Crippen molar-refractivity contribution in [3.8, 4) is 0 Å². The monoisotopic (exact) mass is 185 g/mol. The normalized spacial score (nSPS) is 20.4. The second-order valence-electron chi connectivity index (χ2n) is 4.05. The molecule has 3 rings (SSSR count). The van der Waals surface area contributed by atoms with E-state index in [0.29, 0.717) is 5.92 Å². The smallest absolute Gasteiger partial charge is 0.132 e. The number of benzene rings is 1. The molecular formula is C12H13N2. The van der Waals surface area contributed by atoms with Crippen molar-refractivity contribution in [1.82, 2.24) is 5.32 Å². The molecule has 0 amide bonds. The Balaban J connectivity index is 1.87. The highest BCUT2D eigenvalue weighted by molar-refractivity contribution is 5.97. The van der Waals surface area contributed by atoms with E-state index in [1.807, 2.05) is 24.3 Å². The van der Waals surface area contributed by atoms with Crippen LogP contribution in [0.3, 0.4) is 0 Å². The molecule has 1 aromatic carbocycles. The molecule has 1 aliphatic heterocycles. The minimum atomic E-state index is 0.627. The standard InChI is InChI=1S/C12H13N2/c1-2-6-9(5-1)12-13-10-7-3-4-8-11(10)14-12/h3-4,7-9H,1-2,5-6H2. The fourth-order valence-corrected chi connectivity index (χ4v) is 2.29. The molecule has 1 aliphatic carbocycles. The maximum atomic E-state index is 4.58. The Labute approximate surface area is 84.1 Å². The number of amidine groups is 1. The van der Waals surface area contributed by atoms with Crippen molar-refractivity contribution in [3.63, 3.8) is 0 Å². The third kappa shape index (κ3) is 1.22. The Morgan fingerprint density at radius 1 is 1.00 bits per heavy atom. The molecule has 1 heterocycles. The van der Waals surface area contributed by atoms with Gasteiger partial charge in [0.2, 0.25) is 0 Å². The fraction of sp³-hybridized carbons (Fsp3) is 0.417. The van der Waals surface area contributed by atoms with Gasteiger partial charge in [-0.3, -0.25) is 0 Å². The highest BCUT2D eigenvalue weighted by Gasteiger charge is 2.26. The second kappa shape index (κ2) is 3.12. The summed E-state index contributed by atoms with van der Waals surface area (Å²) in [6.45, 7) is 0. The molecule has 1 radical (unpaired) electrons. The van der Waals surface area contributed by atoms with Crippen molar-refractivity contribution < 1.29 is 0 Å². The fourth-order valence-electron chi connectivity index (χ4n) is 2.29. The van der Waals surface area contributed by atoms with E-state index < -0.39 is 0 Å². The molecule has 0 spiro atoms. The highest BCUT2D eigenvalue weighted by Crippen LogP contribution is 2.35. The average molecular weight is 185 g/mol. The van der Waals surface area contributed by atoms with E-state index in [1.54, 1.807) is 0 Å². The number of hydrogen-bond acceptors (Lipinski definition) is 1. The SMILES string of the molecule is c1ccc2c(c1)[N]C(C1CCCC1)=N2. The summed E-state index contributed by atoms with van der Waals surface area (Å²) in [6.07, 6.45) is 5.23. The lowest BCUT2D eigenvalue weighted by Crippen LogP contribution is -2.16. The molecule has 0 N–H and O–H groups in total. The Hall–Kier alpha value is -1.31. The molecule has 0 saturated heterocycles. The van der Waals surface area contributed by atoms with Crippen LogP contribution in [-0.4, -0.2) is 5.84 Å². The number of nitrogens with zero attached hydrogens (tertiary/aromatic N) is 2. The number of rotatable bonds is 1. The van der Waals surface area contributed by atoms with Gasteiger partial charge in [-0.05, 0) is 25.0 Å². The van der Waals surface area contributed by atoms with E-state index in [4.69, 9.17) is 0 Å². The number of fused-ring (bicyclic) bond motifs is 1. The minimum Gasteiger partial charge on any atom is -0.231 e. The molecule has 0 atom stereocenters. The van der Waals surface area contributed by atoms with Crippen molar-refractivity contribution in [2.24, 2.45) is 10.9 Å². The van der Waals surface area contributed by atoms with E-state index in [9.17, 15) is 0 Å². The number of para-hydroxylation sites is 2. The lowest BCUT2D eigenvalue weighted by Gasteiger charge is -2.06. The van der Waals surface area contributed by atoms with E-state index >= 15 is 0 Å². The first-order chi connectivity index (χ1) is 6.93. The van der Waals surface area contributed by atoms with Gasteiger partial charge in [-0.1, -0.05) is 25.0 Å². The molecule has 0 bridgehead atoms. The van der Waals surface area contributed by atoms with Crippen molar-refractivity contribution in [1.29, 1.82) is 0 Å². The summed E-state index contributed by atoms with van der Waals surface area (Å²) in [5.41, 5.74) is 2.10. The molecule has 2 aliphatic rings. The van der Waals surface area contributed by atoms with E-state index in [1.165, 1.54) is 25.7 Å². The average Bonchev–Trinajstić information content (AvgIpc) is 2.86. The third-order valence-corrected chi connectivity index (χ3v) is 3.07. The molecule has 2 heteroatoms. The number of hydrogen-bond donors (Lipinski definition) is 0. The van der Waals surface area contributed by atoms with E-state index in [-0.39, 0.29) is 0 Å². The molecule has 71 valence electrons. The van der Waals surface area contributed by atoms with Gasteiger partial charge in [0.25, 0.3) is 0 Å². The largest absolute Gasteiger partial charge is 0.231 e. The Morgan fingerprint density at radius 3 is 2.43 bits per heavy atom. The summed E-state index contributed by atoms with van der Waals surface area (Å²) < 4.78 is 0. The summed E-state index contributed by atoms with van der Waals surface area (Å²) >= 11 is 0.